The zero-order chi connectivity index (χ0) is 15.5. The third kappa shape index (κ3) is 3.48. The molecule has 0 radical (unpaired) electrons. The van der Waals surface area contributed by atoms with Gasteiger partial charge in [0.2, 0.25) is 0 Å². The molecule has 2 amide bonds. The second-order valence-electron chi connectivity index (χ2n) is 5.58. The average molecular weight is 320 g/mol. The Morgan fingerprint density at radius 3 is 3.09 bits per heavy atom. The molecule has 0 unspecified atom stereocenters. The van der Waals surface area contributed by atoms with E-state index in [1.54, 1.807) is 22.2 Å². The number of rotatable bonds is 3. The van der Waals surface area contributed by atoms with Crippen LogP contribution in [0.4, 0.5) is 4.79 Å². The highest BCUT2D eigenvalue weighted by Gasteiger charge is 2.29. The van der Waals surface area contributed by atoms with E-state index in [1.807, 2.05) is 30.4 Å². The number of hydrogen-bond donors (Lipinski definition) is 1. The molecule has 6 nitrogen and oxygen atoms in total. The van der Waals surface area contributed by atoms with Gasteiger partial charge in [-0.05, 0) is 29.3 Å². The van der Waals surface area contributed by atoms with E-state index < -0.39 is 0 Å². The number of carbonyl (C=O) groups is 1. The van der Waals surface area contributed by atoms with Crippen LogP contribution < -0.4 is 5.32 Å². The lowest BCUT2D eigenvalue weighted by molar-refractivity contribution is -0.0655. The quantitative estimate of drug-likeness (QED) is 0.943. The molecule has 1 aliphatic heterocycles. The lowest BCUT2D eigenvalue weighted by Gasteiger charge is -2.36. The van der Waals surface area contributed by atoms with Gasteiger partial charge in [-0.2, -0.15) is 16.4 Å². The van der Waals surface area contributed by atoms with Crippen molar-refractivity contribution >= 4 is 17.4 Å². The second kappa shape index (κ2) is 6.50. The summed E-state index contributed by atoms with van der Waals surface area (Å²) < 4.78 is 7.68. The zero-order valence-electron chi connectivity index (χ0n) is 12.7. The number of aromatic nitrogens is 2. The maximum Gasteiger partial charge on any atom is 0.317 e. The van der Waals surface area contributed by atoms with Gasteiger partial charge in [0.15, 0.2) is 0 Å². The summed E-state index contributed by atoms with van der Waals surface area (Å²) in [7, 11) is 1.86. The number of carbonyl (C=O) groups excluding carboxylic acids is 1. The Labute approximate surface area is 133 Å². The third-order valence-corrected chi connectivity index (χ3v) is 4.37. The number of thiophene rings is 1. The minimum Gasteiger partial charge on any atom is -0.367 e. The van der Waals surface area contributed by atoms with Gasteiger partial charge < -0.3 is 15.0 Å². The largest absolute Gasteiger partial charge is 0.367 e. The monoisotopic (exact) mass is 320 g/mol. The van der Waals surface area contributed by atoms with Crippen LogP contribution in [0.3, 0.4) is 0 Å². The van der Waals surface area contributed by atoms with Gasteiger partial charge in [-0.25, -0.2) is 4.79 Å². The molecule has 3 heterocycles. The Hall–Kier alpha value is -1.86. The molecule has 0 aliphatic carbocycles. The molecule has 118 valence electrons. The van der Waals surface area contributed by atoms with Crippen LogP contribution in [-0.2, 0) is 18.3 Å². The number of urea groups is 1. The second-order valence-corrected chi connectivity index (χ2v) is 6.36. The molecule has 1 aliphatic rings. The zero-order valence-corrected chi connectivity index (χ0v) is 13.5. The predicted octanol–water partition coefficient (Wildman–Crippen LogP) is 2.15. The first-order valence-corrected chi connectivity index (χ1v) is 8.24. The van der Waals surface area contributed by atoms with E-state index >= 15 is 0 Å². The number of morpholine rings is 1. The fourth-order valence-electron chi connectivity index (χ4n) is 2.61. The van der Waals surface area contributed by atoms with Crippen LogP contribution >= 0.6 is 11.3 Å². The minimum absolute atomic E-state index is 0.0304. The van der Waals surface area contributed by atoms with Gasteiger partial charge in [0, 0.05) is 31.9 Å². The Morgan fingerprint density at radius 2 is 2.41 bits per heavy atom. The highest BCUT2D eigenvalue weighted by atomic mass is 32.1. The summed E-state index contributed by atoms with van der Waals surface area (Å²) in [5.41, 5.74) is 2.13. The van der Waals surface area contributed by atoms with Crippen LogP contribution in [0.2, 0.25) is 0 Å². The van der Waals surface area contributed by atoms with Gasteiger partial charge in [-0.1, -0.05) is 0 Å². The molecular weight excluding hydrogens is 300 g/mol. The SMILES string of the molecule is C[C@H]1CN(C(=O)NCc2cnn(C)c2)C[C@H](c2ccsc2)O1. The Kier molecular flexibility index (Phi) is 4.44. The molecule has 3 rings (SSSR count). The van der Waals surface area contributed by atoms with Crippen molar-refractivity contribution in [1.82, 2.24) is 20.0 Å². The first kappa shape index (κ1) is 15.1. The molecule has 1 saturated heterocycles. The molecule has 1 N–H and O–H groups in total. The summed E-state index contributed by atoms with van der Waals surface area (Å²) in [4.78, 5) is 14.2. The Bertz CT molecular complexity index is 625. The van der Waals surface area contributed by atoms with Gasteiger partial charge >= 0.3 is 6.03 Å². The molecule has 1 fully saturated rings. The van der Waals surface area contributed by atoms with Gasteiger partial charge in [0.25, 0.3) is 0 Å². The van der Waals surface area contributed by atoms with Gasteiger partial charge in [-0.15, -0.1) is 0 Å². The Morgan fingerprint density at radius 1 is 1.55 bits per heavy atom. The van der Waals surface area contributed by atoms with E-state index in [0.717, 1.165) is 11.1 Å². The third-order valence-electron chi connectivity index (χ3n) is 3.66. The summed E-state index contributed by atoms with van der Waals surface area (Å²) in [6, 6.07) is 2.00. The first-order chi connectivity index (χ1) is 10.6. The maximum absolute atomic E-state index is 12.4. The molecular formula is C15H20N4O2S. The minimum atomic E-state index is -0.0563. The highest BCUT2D eigenvalue weighted by molar-refractivity contribution is 7.07. The van der Waals surface area contributed by atoms with Crippen molar-refractivity contribution < 1.29 is 9.53 Å². The normalized spacial score (nSPS) is 21.8. The molecule has 2 aromatic heterocycles. The molecule has 2 aromatic rings. The summed E-state index contributed by atoms with van der Waals surface area (Å²) in [5.74, 6) is 0. The smallest absolute Gasteiger partial charge is 0.317 e. The summed E-state index contributed by atoms with van der Waals surface area (Å²) >= 11 is 1.65. The summed E-state index contributed by atoms with van der Waals surface area (Å²) in [6.45, 7) is 3.68. The van der Waals surface area contributed by atoms with Crippen molar-refractivity contribution in [2.24, 2.45) is 7.05 Å². The van der Waals surface area contributed by atoms with Crippen LogP contribution in [0.15, 0.2) is 29.2 Å². The van der Waals surface area contributed by atoms with Crippen molar-refractivity contribution in [3.05, 3.63) is 40.3 Å². The standard InChI is InChI=1S/C15H20N4O2S/c1-11-7-19(9-14(21-11)13-3-4-22-10-13)15(20)16-5-12-6-17-18(2)8-12/h3-4,6,8,10-11,14H,5,7,9H2,1-2H3,(H,16,20)/t11-,14+/m0/s1. The number of amides is 2. The number of aryl methyl sites for hydroxylation is 1. The lowest BCUT2D eigenvalue weighted by Crippen LogP contribution is -2.49. The van der Waals surface area contributed by atoms with Crippen molar-refractivity contribution in [3.63, 3.8) is 0 Å². The topological polar surface area (TPSA) is 59.4 Å². The van der Waals surface area contributed by atoms with Crippen molar-refractivity contribution in [2.45, 2.75) is 25.7 Å². The fraction of sp³-hybridized carbons (Fsp3) is 0.467. The highest BCUT2D eigenvalue weighted by Crippen LogP contribution is 2.26. The molecule has 0 saturated carbocycles. The van der Waals surface area contributed by atoms with Crippen molar-refractivity contribution in [3.8, 4) is 0 Å². The number of hydrogen-bond acceptors (Lipinski definition) is 4. The fourth-order valence-corrected chi connectivity index (χ4v) is 3.31. The number of ether oxygens (including phenoxy) is 1. The van der Waals surface area contributed by atoms with E-state index in [1.165, 1.54) is 0 Å². The van der Waals surface area contributed by atoms with Crippen LogP contribution in [0, 0.1) is 0 Å². The van der Waals surface area contributed by atoms with Gasteiger partial charge in [0.05, 0.1) is 18.8 Å². The van der Waals surface area contributed by atoms with Gasteiger partial charge in [0.1, 0.15) is 6.10 Å². The number of nitrogens with one attached hydrogen (secondary N) is 1. The van der Waals surface area contributed by atoms with Crippen LogP contribution in [0.25, 0.3) is 0 Å². The number of nitrogens with zero attached hydrogens (tertiary/aromatic N) is 3. The molecule has 2 atom stereocenters. The molecule has 0 bridgehead atoms. The molecule has 0 spiro atoms. The van der Waals surface area contributed by atoms with Crippen LogP contribution in [-0.4, -0.2) is 39.9 Å². The van der Waals surface area contributed by atoms with E-state index in [-0.39, 0.29) is 18.2 Å². The van der Waals surface area contributed by atoms with Crippen molar-refractivity contribution in [1.29, 1.82) is 0 Å². The maximum atomic E-state index is 12.4. The van der Waals surface area contributed by atoms with E-state index in [2.05, 4.69) is 21.9 Å². The molecule has 7 heteroatoms. The lowest BCUT2D eigenvalue weighted by atomic mass is 10.1. The van der Waals surface area contributed by atoms with E-state index in [9.17, 15) is 4.79 Å². The van der Waals surface area contributed by atoms with Gasteiger partial charge in [-0.3, -0.25) is 4.68 Å². The molecule has 22 heavy (non-hydrogen) atoms. The van der Waals surface area contributed by atoms with Crippen LogP contribution in [0.1, 0.15) is 24.2 Å². The van der Waals surface area contributed by atoms with Crippen LogP contribution in [0.5, 0.6) is 0 Å². The van der Waals surface area contributed by atoms with E-state index in [0.29, 0.717) is 19.6 Å². The first-order valence-electron chi connectivity index (χ1n) is 7.29. The predicted molar refractivity (Wildman–Crippen MR) is 84.6 cm³/mol. The average Bonchev–Trinajstić information content (AvgIpc) is 3.15. The Balaban J connectivity index is 1.59. The molecule has 0 aromatic carbocycles. The van der Waals surface area contributed by atoms with Crippen molar-refractivity contribution in [2.75, 3.05) is 13.1 Å². The van der Waals surface area contributed by atoms with E-state index in [4.69, 9.17) is 4.74 Å². The summed E-state index contributed by atoms with van der Waals surface area (Å²) in [5, 5.41) is 11.2. The summed E-state index contributed by atoms with van der Waals surface area (Å²) in [6.07, 6.45) is 3.65.